The van der Waals surface area contributed by atoms with E-state index in [-0.39, 0.29) is 11.9 Å². The van der Waals surface area contributed by atoms with Crippen LogP contribution >= 0.6 is 0 Å². The monoisotopic (exact) mass is 271 g/mol. The Morgan fingerprint density at radius 1 is 0.950 bits per heavy atom. The Hall–Kier alpha value is -1.67. The van der Waals surface area contributed by atoms with E-state index in [1.165, 1.54) is 34.4 Å². The Morgan fingerprint density at radius 3 is 2.20 bits per heavy atom. The minimum Gasteiger partial charge on any atom is -0.306 e. The maximum atomic E-state index is 12.9. The molecule has 2 aromatic carbocycles. The van der Waals surface area contributed by atoms with Crippen molar-refractivity contribution in [1.82, 2.24) is 5.32 Å². The van der Waals surface area contributed by atoms with Crippen molar-refractivity contribution in [2.24, 2.45) is 0 Å². The van der Waals surface area contributed by atoms with Gasteiger partial charge in [-0.15, -0.1) is 0 Å². The average Bonchev–Trinajstić information content (AvgIpc) is 2.42. The molecular formula is C18H22FN. The highest BCUT2D eigenvalue weighted by molar-refractivity contribution is 5.36. The molecular weight excluding hydrogens is 249 g/mol. The van der Waals surface area contributed by atoms with Crippen molar-refractivity contribution in [2.45, 2.75) is 40.3 Å². The molecule has 0 heterocycles. The largest absolute Gasteiger partial charge is 0.306 e. The van der Waals surface area contributed by atoms with E-state index in [0.29, 0.717) is 0 Å². The lowest BCUT2D eigenvalue weighted by atomic mass is 10.0. The fourth-order valence-electron chi connectivity index (χ4n) is 2.34. The van der Waals surface area contributed by atoms with Gasteiger partial charge in [-0.3, -0.25) is 0 Å². The summed E-state index contributed by atoms with van der Waals surface area (Å²) in [5.74, 6) is -0.189. The van der Waals surface area contributed by atoms with Crippen molar-refractivity contribution in [3.8, 4) is 0 Å². The van der Waals surface area contributed by atoms with Gasteiger partial charge in [-0.1, -0.05) is 24.3 Å². The van der Waals surface area contributed by atoms with Gasteiger partial charge >= 0.3 is 0 Å². The van der Waals surface area contributed by atoms with Gasteiger partial charge in [-0.2, -0.15) is 0 Å². The van der Waals surface area contributed by atoms with E-state index in [0.717, 1.165) is 12.1 Å². The highest BCUT2D eigenvalue weighted by atomic mass is 19.1. The molecule has 1 nitrogen and oxygen atoms in total. The summed E-state index contributed by atoms with van der Waals surface area (Å²) in [5, 5.41) is 3.50. The van der Waals surface area contributed by atoms with Crippen LogP contribution in [0.2, 0.25) is 0 Å². The first-order chi connectivity index (χ1) is 9.47. The van der Waals surface area contributed by atoms with E-state index >= 15 is 0 Å². The molecule has 1 atom stereocenters. The molecule has 0 aliphatic carbocycles. The van der Waals surface area contributed by atoms with Gasteiger partial charge in [0, 0.05) is 12.6 Å². The van der Waals surface area contributed by atoms with Crippen LogP contribution in [0.1, 0.15) is 40.8 Å². The van der Waals surface area contributed by atoms with Crippen molar-refractivity contribution in [2.75, 3.05) is 0 Å². The van der Waals surface area contributed by atoms with Crippen LogP contribution in [0.3, 0.4) is 0 Å². The fourth-order valence-corrected chi connectivity index (χ4v) is 2.34. The molecule has 0 radical (unpaired) electrons. The molecule has 20 heavy (non-hydrogen) atoms. The van der Waals surface area contributed by atoms with Crippen LogP contribution in [0.25, 0.3) is 0 Å². The molecule has 1 N–H and O–H groups in total. The number of benzene rings is 2. The Labute approximate surface area is 120 Å². The maximum absolute atomic E-state index is 12.9. The minimum absolute atomic E-state index is 0.189. The normalized spacial score (nSPS) is 12.4. The first-order valence-corrected chi connectivity index (χ1v) is 7.03. The van der Waals surface area contributed by atoms with Crippen LogP contribution in [-0.2, 0) is 6.54 Å². The zero-order valence-electron chi connectivity index (χ0n) is 12.6. The smallest absolute Gasteiger partial charge is 0.123 e. The number of hydrogen-bond donors (Lipinski definition) is 1. The number of rotatable bonds is 4. The first-order valence-electron chi connectivity index (χ1n) is 7.03. The standard InChI is InChI=1S/C18H22FN/c1-12-9-14(3)17(10-13(12)2)11-20-15(4)16-5-7-18(19)8-6-16/h5-10,15,20H,11H2,1-4H3. The molecule has 0 amide bonds. The molecule has 0 saturated carbocycles. The van der Waals surface area contributed by atoms with Crippen LogP contribution in [0.5, 0.6) is 0 Å². The molecule has 0 spiro atoms. The number of nitrogens with one attached hydrogen (secondary N) is 1. The van der Waals surface area contributed by atoms with Crippen molar-refractivity contribution in [1.29, 1.82) is 0 Å². The quantitative estimate of drug-likeness (QED) is 0.856. The average molecular weight is 271 g/mol. The van der Waals surface area contributed by atoms with E-state index in [4.69, 9.17) is 0 Å². The molecule has 0 aliphatic rings. The highest BCUT2D eigenvalue weighted by Gasteiger charge is 2.07. The Kier molecular flexibility index (Phi) is 4.56. The molecule has 2 aromatic rings. The zero-order valence-corrected chi connectivity index (χ0v) is 12.6. The SMILES string of the molecule is Cc1cc(C)c(CNC(C)c2ccc(F)cc2)cc1C. The number of hydrogen-bond acceptors (Lipinski definition) is 1. The van der Waals surface area contributed by atoms with Gasteiger partial charge in [0.15, 0.2) is 0 Å². The summed E-state index contributed by atoms with van der Waals surface area (Å²) < 4.78 is 12.9. The van der Waals surface area contributed by atoms with Gasteiger partial charge in [-0.25, -0.2) is 4.39 Å². The topological polar surface area (TPSA) is 12.0 Å². The molecule has 2 rings (SSSR count). The number of halogens is 1. The van der Waals surface area contributed by atoms with Crippen molar-refractivity contribution >= 4 is 0 Å². The third kappa shape index (κ3) is 3.45. The van der Waals surface area contributed by atoms with Crippen molar-refractivity contribution < 1.29 is 4.39 Å². The summed E-state index contributed by atoms with van der Waals surface area (Å²) >= 11 is 0. The Morgan fingerprint density at radius 2 is 1.55 bits per heavy atom. The molecule has 0 aromatic heterocycles. The van der Waals surface area contributed by atoms with Gasteiger partial charge < -0.3 is 5.32 Å². The summed E-state index contributed by atoms with van der Waals surface area (Å²) in [4.78, 5) is 0. The lowest BCUT2D eigenvalue weighted by molar-refractivity contribution is 0.569. The number of aryl methyl sites for hydroxylation is 3. The Balaban J connectivity index is 2.05. The van der Waals surface area contributed by atoms with Gasteiger partial charge in [0.1, 0.15) is 5.82 Å². The van der Waals surface area contributed by atoms with Crippen molar-refractivity contribution in [3.63, 3.8) is 0 Å². The van der Waals surface area contributed by atoms with Crippen LogP contribution in [-0.4, -0.2) is 0 Å². The van der Waals surface area contributed by atoms with E-state index in [1.807, 2.05) is 12.1 Å². The minimum atomic E-state index is -0.189. The molecule has 0 saturated heterocycles. The van der Waals surface area contributed by atoms with Crippen LogP contribution in [0.15, 0.2) is 36.4 Å². The van der Waals surface area contributed by atoms with Crippen molar-refractivity contribution in [3.05, 3.63) is 70.0 Å². The van der Waals surface area contributed by atoms with E-state index < -0.39 is 0 Å². The highest BCUT2D eigenvalue weighted by Crippen LogP contribution is 2.18. The molecule has 106 valence electrons. The molecule has 0 fully saturated rings. The summed E-state index contributed by atoms with van der Waals surface area (Å²) in [5.41, 5.74) is 6.39. The summed E-state index contributed by atoms with van der Waals surface area (Å²) in [7, 11) is 0. The predicted octanol–water partition coefficient (Wildman–Crippen LogP) is 4.60. The third-order valence-electron chi connectivity index (χ3n) is 3.92. The molecule has 0 bridgehead atoms. The van der Waals surface area contributed by atoms with E-state index in [2.05, 4.69) is 45.1 Å². The third-order valence-corrected chi connectivity index (χ3v) is 3.92. The van der Waals surface area contributed by atoms with Crippen LogP contribution in [0, 0.1) is 26.6 Å². The lowest BCUT2D eigenvalue weighted by Gasteiger charge is -2.16. The maximum Gasteiger partial charge on any atom is 0.123 e. The predicted molar refractivity (Wildman–Crippen MR) is 82.3 cm³/mol. The molecule has 1 unspecified atom stereocenters. The molecule has 0 aliphatic heterocycles. The summed E-state index contributed by atoms with van der Waals surface area (Å²) in [6.45, 7) is 9.35. The summed E-state index contributed by atoms with van der Waals surface area (Å²) in [6, 6.07) is 11.4. The van der Waals surface area contributed by atoms with Crippen LogP contribution in [0.4, 0.5) is 4.39 Å². The van der Waals surface area contributed by atoms with Gasteiger partial charge in [0.25, 0.3) is 0 Å². The second-order valence-corrected chi connectivity index (χ2v) is 5.52. The summed E-state index contributed by atoms with van der Waals surface area (Å²) in [6.07, 6.45) is 0. The van der Waals surface area contributed by atoms with Gasteiger partial charge in [0.05, 0.1) is 0 Å². The van der Waals surface area contributed by atoms with Crippen LogP contribution < -0.4 is 5.32 Å². The van der Waals surface area contributed by atoms with E-state index in [1.54, 1.807) is 0 Å². The zero-order chi connectivity index (χ0) is 14.7. The second-order valence-electron chi connectivity index (χ2n) is 5.52. The fraction of sp³-hybridized carbons (Fsp3) is 0.333. The second kappa shape index (κ2) is 6.19. The van der Waals surface area contributed by atoms with Gasteiger partial charge in [0.2, 0.25) is 0 Å². The molecule has 2 heteroatoms. The first kappa shape index (κ1) is 14.7. The Bertz CT molecular complexity index is 587. The van der Waals surface area contributed by atoms with Gasteiger partial charge in [-0.05, 0) is 67.6 Å². The van der Waals surface area contributed by atoms with E-state index in [9.17, 15) is 4.39 Å². The lowest BCUT2D eigenvalue weighted by Crippen LogP contribution is -2.18.